The van der Waals surface area contributed by atoms with Gasteiger partial charge in [0.1, 0.15) is 42.5 Å². The Labute approximate surface area is 186 Å². The molecule has 0 radical (unpaired) electrons. The molecule has 0 amide bonds. The summed E-state index contributed by atoms with van der Waals surface area (Å²) in [4.78, 5) is 9.10. The van der Waals surface area contributed by atoms with Gasteiger partial charge in [-0.25, -0.2) is 13.8 Å². The molecule has 1 fully saturated rings. The van der Waals surface area contributed by atoms with Crippen LogP contribution < -0.4 is 15.4 Å². The van der Waals surface area contributed by atoms with E-state index in [9.17, 15) is 27.1 Å². The van der Waals surface area contributed by atoms with Crippen LogP contribution >= 0.6 is 0 Å². The fourth-order valence-corrected chi connectivity index (χ4v) is 3.22. The van der Waals surface area contributed by atoms with Crippen LogP contribution in [-0.2, 0) is 10.9 Å². The zero-order valence-corrected chi connectivity index (χ0v) is 17.8. The van der Waals surface area contributed by atoms with Gasteiger partial charge in [0.25, 0.3) is 0 Å². The second-order valence-electron chi connectivity index (χ2n) is 7.04. The Balaban J connectivity index is 1.93. The minimum Gasteiger partial charge on any atom is -0.489 e. The largest absolute Gasteiger partial charge is 0.489 e. The third-order valence-electron chi connectivity index (χ3n) is 4.79. The van der Waals surface area contributed by atoms with Gasteiger partial charge in [-0.05, 0) is 13.0 Å². The first kappa shape index (κ1) is 24.9. The maximum absolute atomic E-state index is 14.9. The molecule has 0 spiro atoms. The summed E-state index contributed by atoms with van der Waals surface area (Å²) in [6.07, 6.45) is -5.37. The lowest BCUT2D eigenvalue weighted by Gasteiger charge is -2.31. The van der Waals surface area contributed by atoms with E-state index >= 15 is 0 Å². The molecule has 33 heavy (non-hydrogen) atoms. The molecule has 0 bridgehead atoms. The van der Waals surface area contributed by atoms with Crippen LogP contribution in [0.25, 0.3) is 0 Å². The van der Waals surface area contributed by atoms with Gasteiger partial charge in [-0.3, -0.25) is 4.90 Å². The number of alkyl halides is 4. The Morgan fingerprint density at radius 2 is 2.00 bits per heavy atom. The Hall–Kier alpha value is -2.77. The van der Waals surface area contributed by atoms with E-state index in [4.69, 9.17) is 9.47 Å². The van der Waals surface area contributed by atoms with E-state index in [0.29, 0.717) is 32.5 Å². The third-order valence-corrected chi connectivity index (χ3v) is 4.79. The van der Waals surface area contributed by atoms with Crippen molar-refractivity contribution < 1.29 is 36.5 Å². The second-order valence-corrected chi connectivity index (χ2v) is 7.04. The number of ether oxygens (including phenoxy) is 2. The molecule has 1 aliphatic heterocycles. The molecule has 1 saturated heterocycles. The molecule has 8 nitrogen and oxygen atoms in total. The average Bonchev–Trinajstić information content (AvgIpc) is 2.78. The number of halogens is 5. The number of aliphatic hydroxyl groups excluding tert-OH is 1. The first-order valence-corrected chi connectivity index (χ1v) is 10.2. The molecule has 13 heteroatoms. The van der Waals surface area contributed by atoms with Crippen molar-refractivity contribution in [3.63, 3.8) is 0 Å². The molecular weight excluding hydrogens is 453 g/mol. The Morgan fingerprint density at radius 1 is 1.27 bits per heavy atom. The number of rotatable bonds is 9. The normalized spacial score (nSPS) is 15.8. The number of hydrogen-bond donors (Lipinski definition) is 3. The molecule has 182 valence electrons. The van der Waals surface area contributed by atoms with Crippen LogP contribution in [0.1, 0.15) is 24.3 Å². The maximum atomic E-state index is 14.9. The standard InChI is InChI=1S/C20H24F5N5O3/c1-2-26-17-13(20(23,24)25)11-27-19(29-17)28-15-10-14(22)12(9-16(15)33-6-3-21)18(31)30-4-7-32-8-5-30/h9-11,18,31H,2-8H2,1H3,(H2,26,27,28,29). The molecule has 1 aromatic carbocycles. The average molecular weight is 477 g/mol. The zero-order chi connectivity index (χ0) is 24.0. The number of hydrogen-bond acceptors (Lipinski definition) is 8. The third kappa shape index (κ3) is 6.18. The summed E-state index contributed by atoms with van der Waals surface area (Å²) in [5, 5.41) is 15.7. The molecule has 1 aromatic heterocycles. The van der Waals surface area contributed by atoms with Crippen LogP contribution in [0.4, 0.5) is 39.4 Å². The molecule has 0 saturated carbocycles. The predicted octanol–water partition coefficient (Wildman–Crippen LogP) is 3.48. The van der Waals surface area contributed by atoms with Gasteiger partial charge in [0.2, 0.25) is 5.95 Å². The number of nitrogens with one attached hydrogen (secondary N) is 2. The highest BCUT2D eigenvalue weighted by Gasteiger charge is 2.35. The molecule has 1 atom stereocenters. The lowest BCUT2D eigenvalue weighted by Crippen LogP contribution is -2.39. The van der Waals surface area contributed by atoms with Gasteiger partial charge >= 0.3 is 6.18 Å². The van der Waals surface area contributed by atoms with Crippen LogP contribution in [0.2, 0.25) is 0 Å². The molecule has 2 aromatic rings. The second kappa shape index (κ2) is 10.9. The zero-order valence-electron chi connectivity index (χ0n) is 17.8. The highest BCUT2D eigenvalue weighted by atomic mass is 19.4. The van der Waals surface area contributed by atoms with Crippen molar-refractivity contribution in [2.45, 2.75) is 19.3 Å². The summed E-state index contributed by atoms with van der Waals surface area (Å²) >= 11 is 0. The minimum atomic E-state index is -4.67. The van der Waals surface area contributed by atoms with Gasteiger partial charge < -0.3 is 25.2 Å². The van der Waals surface area contributed by atoms with E-state index in [1.54, 1.807) is 11.8 Å². The van der Waals surface area contributed by atoms with Gasteiger partial charge in [0.15, 0.2) is 0 Å². The van der Waals surface area contributed by atoms with E-state index in [0.717, 1.165) is 6.07 Å². The smallest absolute Gasteiger partial charge is 0.421 e. The first-order chi connectivity index (χ1) is 15.7. The summed E-state index contributed by atoms with van der Waals surface area (Å²) in [6.45, 7) is 2.11. The molecule has 0 aliphatic carbocycles. The highest BCUT2D eigenvalue weighted by molar-refractivity contribution is 5.65. The van der Waals surface area contributed by atoms with Gasteiger partial charge in [0, 0.05) is 37.5 Å². The van der Waals surface area contributed by atoms with Crippen molar-refractivity contribution >= 4 is 17.5 Å². The van der Waals surface area contributed by atoms with E-state index in [1.165, 1.54) is 6.07 Å². The van der Waals surface area contributed by atoms with Crippen molar-refractivity contribution in [2.75, 3.05) is 56.8 Å². The summed E-state index contributed by atoms with van der Waals surface area (Å²) in [5.74, 6) is -1.54. The van der Waals surface area contributed by atoms with Gasteiger partial charge in [-0.1, -0.05) is 0 Å². The molecule has 1 aliphatic rings. The molecule has 3 rings (SSSR count). The van der Waals surface area contributed by atoms with Crippen LogP contribution in [-0.4, -0.2) is 66.1 Å². The highest BCUT2D eigenvalue weighted by Crippen LogP contribution is 2.36. The van der Waals surface area contributed by atoms with E-state index in [1.807, 2.05) is 0 Å². The SMILES string of the molecule is CCNc1nc(Nc2cc(F)c(C(O)N3CCOCC3)cc2OCCF)ncc1C(F)(F)F. The van der Waals surface area contributed by atoms with Gasteiger partial charge in [0.05, 0.1) is 18.9 Å². The summed E-state index contributed by atoms with van der Waals surface area (Å²) in [6, 6.07) is 2.20. The molecule has 1 unspecified atom stereocenters. The van der Waals surface area contributed by atoms with Crippen molar-refractivity contribution in [3.05, 3.63) is 35.3 Å². The van der Waals surface area contributed by atoms with E-state index in [2.05, 4.69) is 20.6 Å². The predicted molar refractivity (Wildman–Crippen MR) is 110 cm³/mol. The minimum absolute atomic E-state index is 0.0233. The molecule has 3 N–H and O–H groups in total. The Morgan fingerprint density at radius 3 is 2.64 bits per heavy atom. The Kier molecular flexibility index (Phi) is 8.21. The molecule has 2 heterocycles. The summed E-state index contributed by atoms with van der Waals surface area (Å²) in [5.41, 5.74) is -1.20. The Bertz CT molecular complexity index is 941. The fraction of sp³-hybridized carbons (Fsp3) is 0.500. The van der Waals surface area contributed by atoms with Crippen molar-refractivity contribution in [1.82, 2.24) is 14.9 Å². The number of morpholine rings is 1. The van der Waals surface area contributed by atoms with E-state index < -0.39 is 36.3 Å². The maximum Gasteiger partial charge on any atom is 0.421 e. The number of aromatic nitrogens is 2. The fourth-order valence-electron chi connectivity index (χ4n) is 3.22. The van der Waals surface area contributed by atoms with Crippen LogP contribution in [0, 0.1) is 5.82 Å². The monoisotopic (exact) mass is 477 g/mol. The topological polar surface area (TPSA) is 91.8 Å². The number of aliphatic hydroxyl groups is 1. The van der Waals surface area contributed by atoms with Gasteiger partial charge in [-0.2, -0.15) is 18.2 Å². The summed E-state index contributed by atoms with van der Waals surface area (Å²) < 4.78 is 77.7. The first-order valence-electron chi connectivity index (χ1n) is 10.2. The van der Waals surface area contributed by atoms with Crippen LogP contribution in [0.5, 0.6) is 5.75 Å². The lowest BCUT2D eigenvalue weighted by molar-refractivity contribution is -0.137. The number of nitrogens with zero attached hydrogens (tertiary/aromatic N) is 3. The summed E-state index contributed by atoms with van der Waals surface area (Å²) in [7, 11) is 0. The van der Waals surface area contributed by atoms with Crippen molar-refractivity contribution in [3.8, 4) is 5.75 Å². The van der Waals surface area contributed by atoms with E-state index in [-0.39, 0.29) is 36.1 Å². The lowest BCUT2D eigenvalue weighted by atomic mass is 10.1. The number of anilines is 3. The quantitative estimate of drug-likeness (QED) is 0.473. The van der Waals surface area contributed by atoms with Crippen LogP contribution in [0.15, 0.2) is 18.3 Å². The van der Waals surface area contributed by atoms with Crippen molar-refractivity contribution in [2.24, 2.45) is 0 Å². The number of benzene rings is 1. The molecular formula is C20H24F5N5O3. The van der Waals surface area contributed by atoms with Crippen LogP contribution in [0.3, 0.4) is 0 Å². The van der Waals surface area contributed by atoms with Crippen molar-refractivity contribution in [1.29, 1.82) is 0 Å². The van der Waals surface area contributed by atoms with Gasteiger partial charge in [-0.15, -0.1) is 0 Å².